The molecule has 0 saturated carbocycles. The molecule has 2 atom stereocenters. The maximum atomic E-state index is 11.7. The summed E-state index contributed by atoms with van der Waals surface area (Å²) in [7, 11) is 0. The van der Waals surface area contributed by atoms with Gasteiger partial charge < -0.3 is 4.90 Å². The van der Waals surface area contributed by atoms with Crippen molar-refractivity contribution in [3.05, 3.63) is 27.7 Å². The summed E-state index contributed by atoms with van der Waals surface area (Å²) < 4.78 is 1.07. The second kappa shape index (κ2) is 4.86. The van der Waals surface area contributed by atoms with E-state index in [1.807, 2.05) is 18.2 Å². The van der Waals surface area contributed by atoms with Crippen molar-refractivity contribution in [2.24, 2.45) is 0 Å². The van der Waals surface area contributed by atoms with Gasteiger partial charge in [-0.25, -0.2) is 0 Å². The van der Waals surface area contributed by atoms with Gasteiger partial charge in [-0.1, -0.05) is 11.6 Å². The molecule has 2 fully saturated rings. The number of hydrogen-bond donors (Lipinski definition) is 0. The fraction of sp³-hybridized carbons (Fsp3) is 0.500. The first-order valence-corrected chi connectivity index (χ1v) is 7.57. The lowest BCUT2D eigenvalue weighted by Crippen LogP contribution is -2.52. The van der Waals surface area contributed by atoms with Crippen LogP contribution < -0.4 is 4.90 Å². The van der Waals surface area contributed by atoms with Crippen LogP contribution in [0.4, 0.5) is 5.69 Å². The van der Waals surface area contributed by atoms with Crippen LogP contribution in [0.5, 0.6) is 0 Å². The molecule has 4 heteroatoms. The molecule has 18 heavy (non-hydrogen) atoms. The van der Waals surface area contributed by atoms with Crippen LogP contribution in [0.2, 0.25) is 5.02 Å². The number of anilines is 1. The Kier molecular flexibility index (Phi) is 3.37. The molecule has 0 radical (unpaired) electrons. The van der Waals surface area contributed by atoms with Crippen LogP contribution in [-0.4, -0.2) is 17.9 Å². The van der Waals surface area contributed by atoms with E-state index in [4.69, 9.17) is 11.6 Å². The van der Waals surface area contributed by atoms with Crippen molar-refractivity contribution in [1.82, 2.24) is 0 Å². The van der Waals surface area contributed by atoms with Crippen LogP contribution in [0.1, 0.15) is 32.1 Å². The first kappa shape index (κ1) is 12.5. The van der Waals surface area contributed by atoms with Crippen LogP contribution in [-0.2, 0) is 4.79 Å². The van der Waals surface area contributed by atoms with Gasteiger partial charge in [0.1, 0.15) is 5.78 Å². The smallest absolute Gasteiger partial charge is 0.137 e. The van der Waals surface area contributed by atoms with E-state index in [0.29, 0.717) is 30.7 Å². The molecule has 0 amide bonds. The van der Waals surface area contributed by atoms with Crippen molar-refractivity contribution in [2.75, 3.05) is 4.90 Å². The molecule has 2 heterocycles. The molecule has 3 rings (SSSR count). The highest BCUT2D eigenvalue weighted by Crippen LogP contribution is 2.40. The van der Waals surface area contributed by atoms with Gasteiger partial charge in [0, 0.05) is 34.4 Å². The molecule has 2 nitrogen and oxygen atoms in total. The van der Waals surface area contributed by atoms with Crippen LogP contribution in [0.25, 0.3) is 0 Å². The average Bonchev–Trinajstić information content (AvgIpc) is 2.31. The van der Waals surface area contributed by atoms with Crippen LogP contribution >= 0.6 is 27.5 Å². The second-order valence-electron chi connectivity index (χ2n) is 5.19. The van der Waals surface area contributed by atoms with Gasteiger partial charge in [0.2, 0.25) is 0 Å². The quantitative estimate of drug-likeness (QED) is 0.770. The first-order valence-electron chi connectivity index (χ1n) is 6.40. The first-order chi connectivity index (χ1) is 8.65. The molecule has 0 N–H and O–H groups in total. The molecule has 2 bridgehead atoms. The normalized spacial score (nSPS) is 27.4. The summed E-state index contributed by atoms with van der Waals surface area (Å²) in [5.41, 5.74) is 1.14. The maximum absolute atomic E-state index is 11.7. The van der Waals surface area contributed by atoms with Crippen molar-refractivity contribution in [3.63, 3.8) is 0 Å². The molecular formula is C14H15BrClNO. The van der Waals surface area contributed by atoms with Gasteiger partial charge in [0.15, 0.2) is 0 Å². The summed E-state index contributed by atoms with van der Waals surface area (Å²) in [4.78, 5) is 14.2. The standard InChI is InChI=1S/C14H15BrClNO/c15-13-5-4-9(16)6-14(13)17-10-2-1-3-11(17)8-12(18)7-10/h4-6,10-11H,1-3,7-8H2. The molecule has 0 aliphatic carbocycles. The zero-order valence-corrected chi connectivity index (χ0v) is 12.4. The minimum Gasteiger partial charge on any atom is -0.364 e. The molecule has 96 valence electrons. The maximum Gasteiger partial charge on any atom is 0.137 e. The Balaban J connectivity index is 2.00. The molecule has 2 aliphatic rings. The molecule has 1 aromatic rings. The molecule has 0 aromatic heterocycles. The van der Waals surface area contributed by atoms with E-state index in [1.54, 1.807) is 0 Å². The van der Waals surface area contributed by atoms with Crippen molar-refractivity contribution in [3.8, 4) is 0 Å². The van der Waals surface area contributed by atoms with Crippen LogP contribution in [0, 0.1) is 0 Å². The summed E-state index contributed by atoms with van der Waals surface area (Å²) in [6.07, 6.45) is 4.84. The van der Waals surface area contributed by atoms with Gasteiger partial charge in [-0.2, -0.15) is 0 Å². The number of Topliss-reactive ketones (excluding diaryl/α,β-unsaturated/α-hetero) is 1. The molecule has 0 spiro atoms. The minimum atomic E-state index is 0.361. The van der Waals surface area contributed by atoms with E-state index < -0.39 is 0 Å². The van der Waals surface area contributed by atoms with E-state index in [9.17, 15) is 4.79 Å². The van der Waals surface area contributed by atoms with Gasteiger partial charge in [-0.05, 0) is 53.4 Å². The lowest BCUT2D eigenvalue weighted by Gasteiger charge is -2.47. The summed E-state index contributed by atoms with van der Waals surface area (Å²) in [5.74, 6) is 0.416. The Morgan fingerprint density at radius 1 is 1.22 bits per heavy atom. The van der Waals surface area contributed by atoms with E-state index in [2.05, 4.69) is 20.8 Å². The monoisotopic (exact) mass is 327 g/mol. The molecule has 2 unspecified atom stereocenters. The number of carbonyl (C=O) groups excluding carboxylic acids is 1. The number of nitrogens with zero attached hydrogens (tertiary/aromatic N) is 1. The minimum absolute atomic E-state index is 0.361. The number of halogens is 2. The predicted molar refractivity (Wildman–Crippen MR) is 77.3 cm³/mol. The van der Waals surface area contributed by atoms with E-state index >= 15 is 0 Å². The van der Waals surface area contributed by atoms with Crippen molar-refractivity contribution < 1.29 is 4.79 Å². The van der Waals surface area contributed by atoms with Crippen LogP contribution in [0.15, 0.2) is 22.7 Å². The summed E-state index contributed by atoms with van der Waals surface area (Å²) in [5, 5.41) is 0.753. The third kappa shape index (κ3) is 2.19. The van der Waals surface area contributed by atoms with E-state index in [1.165, 1.54) is 6.42 Å². The highest BCUT2D eigenvalue weighted by molar-refractivity contribution is 9.10. The zero-order valence-electron chi connectivity index (χ0n) is 10.0. The fourth-order valence-corrected chi connectivity index (χ4v) is 3.87. The number of piperidine rings is 2. The van der Waals surface area contributed by atoms with Gasteiger partial charge in [0.25, 0.3) is 0 Å². The third-order valence-corrected chi connectivity index (χ3v) is 4.88. The summed E-state index contributed by atoms with van der Waals surface area (Å²) >= 11 is 9.71. The molecular weight excluding hydrogens is 314 g/mol. The second-order valence-corrected chi connectivity index (χ2v) is 6.48. The summed E-state index contributed by atoms with van der Waals surface area (Å²) in [6.45, 7) is 0. The van der Waals surface area contributed by atoms with Crippen molar-refractivity contribution in [1.29, 1.82) is 0 Å². The third-order valence-electron chi connectivity index (χ3n) is 3.97. The Morgan fingerprint density at radius 2 is 1.89 bits per heavy atom. The van der Waals surface area contributed by atoms with Gasteiger partial charge in [-0.15, -0.1) is 0 Å². The number of benzene rings is 1. The zero-order chi connectivity index (χ0) is 12.7. The molecule has 1 aromatic carbocycles. The lowest BCUT2D eigenvalue weighted by molar-refractivity contribution is -0.121. The number of carbonyl (C=O) groups is 1. The molecule has 2 saturated heterocycles. The summed E-state index contributed by atoms with van der Waals surface area (Å²) in [6, 6.07) is 6.61. The largest absolute Gasteiger partial charge is 0.364 e. The number of hydrogen-bond acceptors (Lipinski definition) is 2. The van der Waals surface area contributed by atoms with E-state index in [-0.39, 0.29) is 0 Å². The average molecular weight is 329 g/mol. The molecule has 2 aliphatic heterocycles. The Labute approximate surface area is 120 Å². The Morgan fingerprint density at radius 3 is 2.56 bits per heavy atom. The topological polar surface area (TPSA) is 20.3 Å². The Hall–Kier alpha value is -0.540. The fourth-order valence-electron chi connectivity index (χ4n) is 3.25. The predicted octanol–water partition coefficient (Wildman–Crippen LogP) is 4.19. The lowest BCUT2D eigenvalue weighted by atomic mass is 9.83. The van der Waals surface area contributed by atoms with Crippen molar-refractivity contribution >= 4 is 39.0 Å². The highest BCUT2D eigenvalue weighted by atomic mass is 79.9. The SMILES string of the molecule is O=C1CC2CCCC(C1)N2c1cc(Cl)ccc1Br. The van der Waals surface area contributed by atoms with Gasteiger partial charge in [-0.3, -0.25) is 4.79 Å². The van der Waals surface area contributed by atoms with Crippen LogP contribution in [0.3, 0.4) is 0 Å². The van der Waals surface area contributed by atoms with Gasteiger partial charge in [0.05, 0.1) is 5.69 Å². The van der Waals surface area contributed by atoms with Gasteiger partial charge >= 0.3 is 0 Å². The number of fused-ring (bicyclic) bond motifs is 2. The number of rotatable bonds is 1. The Bertz CT molecular complexity index is 475. The van der Waals surface area contributed by atoms with E-state index in [0.717, 1.165) is 28.0 Å². The number of ketones is 1. The highest BCUT2D eigenvalue weighted by Gasteiger charge is 2.38. The van der Waals surface area contributed by atoms with Crippen molar-refractivity contribution in [2.45, 2.75) is 44.2 Å².